The zero-order chi connectivity index (χ0) is 20.4. The minimum atomic E-state index is -0.179. The third-order valence-electron chi connectivity index (χ3n) is 4.46. The SMILES string of the molecule is CCOc1ccc(-c2nn(-c3ccccc3)cc2/C=C2\SC(=S)NC2=O)c(C)c1. The second-order valence-electron chi connectivity index (χ2n) is 6.48. The number of nitrogens with one attached hydrogen (secondary N) is 1. The van der Waals surface area contributed by atoms with Crippen molar-refractivity contribution < 1.29 is 9.53 Å². The molecule has 1 aromatic heterocycles. The Hall–Kier alpha value is -2.90. The lowest BCUT2D eigenvalue weighted by Gasteiger charge is -2.08. The second kappa shape index (κ2) is 8.23. The van der Waals surface area contributed by atoms with Crippen LogP contribution in [0.4, 0.5) is 0 Å². The molecule has 0 aliphatic carbocycles. The minimum absolute atomic E-state index is 0.179. The zero-order valence-electron chi connectivity index (χ0n) is 16.0. The van der Waals surface area contributed by atoms with Crippen LogP contribution in [0.1, 0.15) is 18.1 Å². The Morgan fingerprint density at radius 3 is 2.69 bits per heavy atom. The summed E-state index contributed by atoms with van der Waals surface area (Å²) in [6, 6.07) is 15.8. The molecule has 29 heavy (non-hydrogen) atoms. The summed E-state index contributed by atoms with van der Waals surface area (Å²) in [6.07, 6.45) is 3.78. The van der Waals surface area contributed by atoms with Crippen LogP contribution < -0.4 is 10.1 Å². The molecule has 1 aliphatic rings. The lowest BCUT2D eigenvalue weighted by Crippen LogP contribution is -2.17. The van der Waals surface area contributed by atoms with Crippen molar-refractivity contribution in [3.8, 4) is 22.7 Å². The first-order chi connectivity index (χ1) is 14.0. The van der Waals surface area contributed by atoms with Crippen LogP contribution in [0.15, 0.2) is 59.6 Å². The number of para-hydroxylation sites is 1. The van der Waals surface area contributed by atoms with Gasteiger partial charge in [-0.3, -0.25) is 4.79 Å². The maximum absolute atomic E-state index is 12.2. The molecule has 1 aliphatic heterocycles. The van der Waals surface area contributed by atoms with Gasteiger partial charge in [0.25, 0.3) is 5.91 Å². The number of hydrogen-bond acceptors (Lipinski definition) is 5. The normalized spacial score (nSPS) is 15.0. The number of carbonyl (C=O) groups excluding carboxylic acids is 1. The summed E-state index contributed by atoms with van der Waals surface area (Å²) in [7, 11) is 0. The van der Waals surface area contributed by atoms with E-state index in [9.17, 15) is 4.79 Å². The monoisotopic (exact) mass is 421 g/mol. The maximum atomic E-state index is 12.2. The van der Waals surface area contributed by atoms with Crippen LogP contribution in [0.25, 0.3) is 23.0 Å². The number of ether oxygens (including phenoxy) is 1. The Balaban J connectivity index is 1.84. The van der Waals surface area contributed by atoms with E-state index in [0.717, 1.165) is 33.8 Å². The summed E-state index contributed by atoms with van der Waals surface area (Å²) in [5.41, 5.74) is 4.63. The van der Waals surface area contributed by atoms with Crippen molar-refractivity contribution in [3.05, 3.63) is 70.8 Å². The summed E-state index contributed by atoms with van der Waals surface area (Å²) in [6.45, 7) is 4.61. The predicted molar refractivity (Wildman–Crippen MR) is 121 cm³/mol. The van der Waals surface area contributed by atoms with Gasteiger partial charge in [0.05, 0.1) is 17.2 Å². The molecule has 0 saturated carbocycles. The number of aryl methyl sites for hydroxylation is 1. The van der Waals surface area contributed by atoms with Crippen LogP contribution in [-0.2, 0) is 4.79 Å². The molecule has 1 amide bonds. The molecule has 0 radical (unpaired) electrons. The fourth-order valence-electron chi connectivity index (χ4n) is 3.14. The van der Waals surface area contributed by atoms with Gasteiger partial charge in [-0.25, -0.2) is 4.68 Å². The predicted octanol–water partition coefficient (Wildman–Crippen LogP) is 4.74. The smallest absolute Gasteiger partial charge is 0.263 e. The van der Waals surface area contributed by atoms with E-state index in [0.29, 0.717) is 15.8 Å². The van der Waals surface area contributed by atoms with Gasteiger partial charge >= 0.3 is 0 Å². The molecule has 146 valence electrons. The third kappa shape index (κ3) is 4.11. The van der Waals surface area contributed by atoms with E-state index in [1.54, 1.807) is 0 Å². The summed E-state index contributed by atoms with van der Waals surface area (Å²) < 4.78 is 7.90. The van der Waals surface area contributed by atoms with Crippen molar-refractivity contribution in [3.63, 3.8) is 0 Å². The number of thioether (sulfide) groups is 1. The van der Waals surface area contributed by atoms with Gasteiger partial charge in [-0.1, -0.05) is 42.2 Å². The van der Waals surface area contributed by atoms with E-state index in [4.69, 9.17) is 22.1 Å². The molecular weight excluding hydrogens is 402 g/mol. The van der Waals surface area contributed by atoms with Crippen molar-refractivity contribution >= 4 is 40.3 Å². The molecule has 2 heterocycles. The molecule has 2 aromatic carbocycles. The number of carbonyl (C=O) groups is 1. The molecule has 0 atom stereocenters. The molecular formula is C22H19N3O2S2. The van der Waals surface area contributed by atoms with Gasteiger partial charge in [-0.05, 0) is 55.8 Å². The molecule has 1 fully saturated rings. The van der Waals surface area contributed by atoms with Crippen molar-refractivity contribution in [1.29, 1.82) is 0 Å². The van der Waals surface area contributed by atoms with Crippen molar-refractivity contribution in [1.82, 2.24) is 15.1 Å². The van der Waals surface area contributed by atoms with Gasteiger partial charge in [0, 0.05) is 17.3 Å². The molecule has 5 nitrogen and oxygen atoms in total. The van der Waals surface area contributed by atoms with Crippen LogP contribution in [0.2, 0.25) is 0 Å². The second-order valence-corrected chi connectivity index (χ2v) is 8.19. The molecule has 4 rings (SSSR count). The van der Waals surface area contributed by atoms with Gasteiger partial charge < -0.3 is 10.1 Å². The van der Waals surface area contributed by atoms with Crippen molar-refractivity contribution in [2.24, 2.45) is 0 Å². The van der Waals surface area contributed by atoms with Gasteiger partial charge in [-0.2, -0.15) is 5.10 Å². The fraction of sp³-hybridized carbons (Fsp3) is 0.136. The highest BCUT2D eigenvalue weighted by Crippen LogP contribution is 2.33. The lowest BCUT2D eigenvalue weighted by atomic mass is 10.0. The first-order valence-electron chi connectivity index (χ1n) is 9.19. The number of hydrogen-bond donors (Lipinski definition) is 1. The number of nitrogens with zero attached hydrogens (tertiary/aromatic N) is 2. The maximum Gasteiger partial charge on any atom is 0.263 e. The van der Waals surface area contributed by atoms with Crippen LogP contribution in [0.3, 0.4) is 0 Å². The highest BCUT2D eigenvalue weighted by Gasteiger charge is 2.23. The zero-order valence-corrected chi connectivity index (χ0v) is 17.6. The van der Waals surface area contributed by atoms with Crippen molar-refractivity contribution in [2.75, 3.05) is 6.61 Å². The van der Waals surface area contributed by atoms with Gasteiger partial charge in [0.15, 0.2) is 0 Å². The Kier molecular flexibility index (Phi) is 5.51. The highest BCUT2D eigenvalue weighted by molar-refractivity contribution is 8.26. The third-order valence-corrected chi connectivity index (χ3v) is 5.62. The van der Waals surface area contributed by atoms with E-state index in [1.807, 2.05) is 79.3 Å². The highest BCUT2D eigenvalue weighted by atomic mass is 32.2. The Morgan fingerprint density at radius 2 is 2.03 bits per heavy atom. The lowest BCUT2D eigenvalue weighted by molar-refractivity contribution is -0.115. The number of benzene rings is 2. The largest absolute Gasteiger partial charge is 0.494 e. The molecule has 7 heteroatoms. The number of amides is 1. The topological polar surface area (TPSA) is 56.1 Å². The van der Waals surface area contributed by atoms with Crippen LogP contribution in [0.5, 0.6) is 5.75 Å². The van der Waals surface area contributed by atoms with E-state index in [2.05, 4.69) is 5.32 Å². The molecule has 3 aromatic rings. The molecule has 0 spiro atoms. The van der Waals surface area contributed by atoms with Crippen LogP contribution in [-0.4, -0.2) is 26.6 Å². The standard InChI is InChI=1S/C22H19N3O2S2/c1-3-27-17-9-10-18(14(2)11-17)20-15(12-19-21(26)23-22(28)29-19)13-25(24-20)16-7-5-4-6-8-16/h4-13H,3H2,1-2H3,(H,23,26,28)/b19-12-. The molecule has 1 saturated heterocycles. The molecule has 0 bridgehead atoms. The summed E-state index contributed by atoms with van der Waals surface area (Å²) in [5, 5.41) is 7.49. The first kappa shape index (κ1) is 19.4. The number of thiocarbonyl (C=S) groups is 1. The van der Waals surface area contributed by atoms with E-state index in [-0.39, 0.29) is 5.91 Å². The van der Waals surface area contributed by atoms with E-state index < -0.39 is 0 Å². The summed E-state index contributed by atoms with van der Waals surface area (Å²) in [4.78, 5) is 12.7. The molecule has 0 unspecified atom stereocenters. The van der Waals surface area contributed by atoms with E-state index >= 15 is 0 Å². The quantitative estimate of drug-likeness (QED) is 0.477. The Bertz CT molecular complexity index is 1120. The van der Waals surface area contributed by atoms with Gasteiger partial charge in [0.2, 0.25) is 0 Å². The molecule has 1 N–H and O–H groups in total. The summed E-state index contributed by atoms with van der Waals surface area (Å²) >= 11 is 6.38. The first-order valence-corrected chi connectivity index (χ1v) is 10.4. The van der Waals surface area contributed by atoms with Gasteiger partial charge in [-0.15, -0.1) is 0 Å². The minimum Gasteiger partial charge on any atom is -0.494 e. The summed E-state index contributed by atoms with van der Waals surface area (Å²) in [5.74, 6) is 0.647. The average Bonchev–Trinajstić information content (AvgIpc) is 3.26. The van der Waals surface area contributed by atoms with Crippen LogP contribution >= 0.6 is 24.0 Å². The van der Waals surface area contributed by atoms with Crippen LogP contribution in [0, 0.1) is 6.92 Å². The number of aromatic nitrogens is 2. The Labute approximate surface area is 178 Å². The fourth-order valence-corrected chi connectivity index (χ4v) is 4.17. The van der Waals surface area contributed by atoms with Crippen molar-refractivity contribution in [2.45, 2.75) is 13.8 Å². The van der Waals surface area contributed by atoms with Gasteiger partial charge in [0.1, 0.15) is 15.8 Å². The average molecular weight is 422 g/mol. The Morgan fingerprint density at radius 1 is 1.24 bits per heavy atom. The van der Waals surface area contributed by atoms with E-state index in [1.165, 1.54) is 11.8 Å². The number of rotatable bonds is 5.